The first kappa shape index (κ1) is 12.1. The summed E-state index contributed by atoms with van der Waals surface area (Å²) in [7, 11) is 0. The molecule has 0 aromatic heterocycles. The van der Waals surface area contributed by atoms with Crippen molar-refractivity contribution >= 4 is 5.71 Å². The Hall–Kier alpha value is -1.39. The lowest BCUT2D eigenvalue weighted by Crippen LogP contribution is -2.14. The van der Waals surface area contributed by atoms with Gasteiger partial charge in [0.05, 0.1) is 18.9 Å². The van der Waals surface area contributed by atoms with Crippen molar-refractivity contribution in [3.63, 3.8) is 0 Å². The summed E-state index contributed by atoms with van der Waals surface area (Å²) in [6, 6.07) is 8.16. The number of hydrogen-bond acceptors (Lipinski definition) is 4. The molecule has 0 bridgehead atoms. The number of oxime groups is 1. The molecule has 1 saturated heterocycles. The second-order valence-corrected chi connectivity index (χ2v) is 4.01. The quantitative estimate of drug-likeness (QED) is 0.592. The Morgan fingerprint density at radius 1 is 1.29 bits per heavy atom. The van der Waals surface area contributed by atoms with E-state index in [1.807, 2.05) is 19.1 Å². The number of hydrogen-bond donors (Lipinski definition) is 0. The molecule has 2 rings (SSSR count). The maximum atomic E-state index is 5.24. The molecule has 1 fully saturated rings. The summed E-state index contributed by atoms with van der Waals surface area (Å²) in [5.41, 5.74) is 3.14. The second-order valence-electron chi connectivity index (χ2n) is 4.01. The van der Waals surface area contributed by atoms with Gasteiger partial charge in [-0.05, 0) is 19.4 Å². The largest absolute Gasteiger partial charge is 0.390 e. The zero-order chi connectivity index (χ0) is 12.1. The molecule has 4 nitrogen and oxygen atoms in total. The summed E-state index contributed by atoms with van der Waals surface area (Å²) in [5.74, 6) is 0. The minimum Gasteiger partial charge on any atom is -0.390 e. The molecule has 1 heterocycles. The van der Waals surface area contributed by atoms with Gasteiger partial charge in [-0.25, -0.2) is 0 Å². The van der Waals surface area contributed by atoms with Crippen LogP contribution in [0.15, 0.2) is 29.4 Å². The van der Waals surface area contributed by atoms with E-state index in [1.165, 1.54) is 5.56 Å². The van der Waals surface area contributed by atoms with E-state index in [-0.39, 0.29) is 6.29 Å². The molecule has 1 aromatic rings. The van der Waals surface area contributed by atoms with E-state index in [4.69, 9.17) is 14.3 Å². The maximum absolute atomic E-state index is 5.24. The lowest BCUT2D eigenvalue weighted by molar-refractivity contribution is -0.0934. The van der Waals surface area contributed by atoms with E-state index >= 15 is 0 Å². The monoisotopic (exact) mass is 235 g/mol. The highest BCUT2D eigenvalue weighted by molar-refractivity contribution is 5.98. The van der Waals surface area contributed by atoms with E-state index in [0.29, 0.717) is 19.8 Å². The summed E-state index contributed by atoms with van der Waals surface area (Å²) in [4.78, 5) is 5.20. The Balaban J connectivity index is 1.85. The highest BCUT2D eigenvalue weighted by Crippen LogP contribution is 2.07. The molecule has 17 heavy (non-hydrogen) atoms. The van der Waals surface area contributed by atoms with Crippen LogP contribution < -0.4 is 0 Å². The van der Waals surface area contributed by atoms with Gasteiger partial charge in [-0.1, -0.05) is 35.0 Å². The Morgan fingerprint density at radius 3 is 2.59 bits per heavy atom. The van der Waals surface area contributed by atoms with Crippen LogP contribution in [0, 0.1) is 6.92 Å². The van der Waals surface area contributed by atoms with Gasteiger partial charge in [-0.3, -0.25) is 0 Å². The zero-order valence-electron chi connectivity index (χ0n) is 10.2. The topological polar surface area (TPSA) is 40.0 Å². The molecule has 0 saturated carbocycles. The fourth-order valence-corrected chi connectivity index (χ4v) is 1.55. The van der Waals surface area contributed by atoms with Crippen LogP contribution in [0.2, 0.25) is 0 Å². The average Bonchev–Trinajstić information content (AvgIpc) is 2.83. The number of benzene rings is 1. The van der Waals surface area contributed by atoms with E-state index < -0.39 is 0 Å². The third-order valence-electron chi connectivity index (χ3n) is 2.57. The Bertz CT molecular complexity index is 380. The average molecular weight is 235 g/mol. The van der Waals surface area contributed by atoms with E-state index in [0.717, 1.165) is 11.3 Å². The van der Waals surface area contributed by atoms with Crippen molar-refractivity contribution in [3.05, 3.63) is 35.4 Å². The lowest BCUT2D eigenvalue weighted by Gasteiger charge is -2.07. The fraction of sp³-hybridized carbons (Fsp3) is 0.462. The summed E-state index contributed by atoms with van der Waals surface area (Å²) >= 11 is 0. The van der Waals surface area contributed by atoms with E-state index in [1.54, 1.807) is 0 Å². The molecule has 0 spiro atoms. The molecule has 4 heteroatoms. The van der Waals surface area contributed by atoms with Gasteiger partial charge < -0.3 is 14.3 Å². The highest BCUT2D eigenvalue weighted by Gasteiger charge is 2.16. The van der Waals surface area contributed by atoms with Gasteiger partial charge in [0.1, 0.15) is 0 Å². The number of ether oxygens (including phenoxy) is 2. The van der Waals surface area contributed by atoms with Crippen molar-refractivity contribution in [3.8, 4) is 0 Å². The maximum Gasteiger partial charge on any atom is 0.194 e. The normalized spacial score (nSPS) is 17.4. The fourth-order valence-electron chi connectivity index (χ4n) is 1.55. The lowest BCUT2D eigenvalue weighted by atomic mass is 10.1. The van der Waals surface area contributed by atoms with Crippen LogP contribution in [0.25, 0.3) is 0 Å². The summed E-state index contributed by atoms with van der Waals surface area (Å²) in [5, 5.41) is 4.04. The van der Waals surface area contributed by atoms with Crippen LogP contribution in [0.4, 0.5) is 0 Å². The molecule has 1 aliphatic heterocycles. The van der Waals surface area contributed by atoms with E-state index in [9.17, 15) is 0 Å². The number of rotatable bonds is 4. The minimum atomic E-state index is -0.274. The summed E-state index contributed by atoms with van der Waals surface area (Å²) < 4.78 is 10.5. The standard InChI is InChI=1S/C13H17NO3/c1-10-3-5-12(6-4-10)11(2)14-17-9-13-15-7-8-16-13/h3-6,13H,7-9H2,1-2H3/b14-11-. The summed E-state index contributed by atoms with van der Waals surface area (Å²) in [6.45, 7) is 5.58. The number of nitrogens with zero attached hydrogens (tertiary/aromatic N) is 1. The zero-order valence-corrected chi connectivity index (χ0v) is 10.2. The van der Waals surface area contributed by atoms with Gasteiger partial charge in [0.25, 0.3) is 0 Å². The molecule has 92 valence electrons. The van der Waals surface area contributed by atoms with Crippen LogP contribution in [-0.2, 0) is 14.3 Å². The first-order valence-corrected chi connectivity index (χ1v) is 5.72. The highest BCUT2D eigenvalue weighted by atomic mass is 16.7. The summed E-state index contributed by atoms with van der Waals surface area (Å²) in [6.07, 6.45) is -0.274. The Labute approximate surface area is 101 Å². The molecule has 0 radical (unpaired) electrons. The second kappa shape index (κ2) is 5.80. The van der Waals surface area contributed by atoms with Gasteiger partial charge in [0, 0.05) is 0 Å². The van der Waals surface area contributed by atoms with Gasteiger partial charge in [-0.2, -0.15) is 0 Å². The number of aryl methyl sites for hydroxylation is 1. The van der Waals surface area contributed by atoms with E-state index in [2.05, 4.69) is 24.2 Å². The van der Waals surface area contributed by atoms with Gasteiger partial charge in [0.2, 0.25) is 0 Å². The van der Waals surface area contributed by atoms with Crippen LogP contribution in [-0.4, -0.2) is 31.8 Å². The van der Waals surface area contributed by atoms with Crippen molar-refractivity contribution in [2.45, 2.75) is 20.1 Å². The van der Waals surface area contributed by atoms with Gasteiger partial charge >= 0.3 is 0 Å². The van der Waals surface area contributed by atoms with Crippen molar-refractivity contribution in [2.24, 2.45) is 5.16 Å². The molecular weight excluding hydrogens is 218 g/mol. The molecule has 0 N–H and O–H groups in total. The van der Waals surface area contributed by atoms with Crippen molar-refractivity contribution in [1.82, 2.24) is 0 Å². The van der Waals surface area contributed by atoms with Crippen molar-refractivity contribution < 1.29 is 14.3 Å². The van der Waals surface area contributed by atoms with Crippen LogP contribution >= 0.6 is 0 Å². The predicted molar refractivity (Wildman–Crippen MR) is 65.0 cm³/mol. The molecule has 0 amide bonds. The smallest absolute Gasteiger partial charge is 0.194 e. The van der Waals surface area contributed by atoms with Crippen LogP contribution in [0.1, 0.15) is 18.1 Å². The minimum absolute atomic E-state index is 0.274. The Morgan fingerprint density at radius 2 is 1.94 bits per heavy atom. The molecule has 1 aliphatic rings. The van der Waals surface area contributed by atoms with Crippen LogP contribution in [0.3, 0.4) is 0 Å². The van der Waals surface area contributed by atoms with Crippen LogP contribution in [0.5, 0.6) is 0 Å². The first-order chi connectivity index (χ1) is 8.25. The van der Waals surface area contributed by atoms with Crippen molar-refractivity contribution in [2.75, 3.05) is 19.8 Å². The first-order valence-electron chi connectivity index (χ1n) is 5.72. The predicted octanol–water partition coefficient (Wildman–Crippen LogP) is 2.11. The van der Waals surface area contributed by atoms with Gasteiger partial charge in [-0.15, -0.1) is 0 Å². The third-order valence-corrected chi connectivity index (χ3v) is 2.57. The Kier molecular flexibility index (Phi) is 4.12. The van der Waals surface area contributed by atoms with Gasteiger partial charge in [0.15, 0.2) is 12.9 Å². The molecular formula is C13H17NO3. The molecule has 1 aromatic carbocycles. The molecule has 0 unspecified atom stereocenters. The SMILES string of the molecule is C/C(=N/OCC1OCCO1)c1ccc(C)cc1. The molecule has 0 atom stereocenters. The third kappa shape index (κ3) is 3.54. The van der Waals surface area contributed by atoms with Crippen molar-refractivity contribution in [1.29, 1.82) is 0 Å². The molecule has 0 aliphatic carbocycles.